The Labute approximate surface area is 110 Å². The van der Waals surface area contributed by atoms with Gasteiger partial charge in [-0.05, 0) is 31.2 Å². The molecule has 0 unspecified atom stereocenters. The predicted molar refractivity (Wildman–Crippen MR) is 70.4 cm³/mol. The van der Waals surface area contributed by atoms with Gasteiger partial charge >= 0.3 is 5.97 Å². The second kappa shape index (κ2) is 4.57. The largest absolute Gasteiger partial charge is 0.465 e. The Kier molecular flexibility index (Phi) is 2.76. The number of cyclic esters (lactones) is 1. The van der Waals surface area contributed by atoms with Crippen LogP contribution in [0.4, 0.5) is 0 Å². The average Bonchev–Trinajstić information content (AvgIpc) is 3.08. The monoisotopic (exact) mass is 253 g/mol. The van der Waals surface area contributed by atoms with Gasteiger partial charge in [0.2, 0.25) is 5.90 Å². The van der Waals surface area contributed by atoms with E-state index in [1.165, 1.54) is 0 Å². The van der Waals surface area contributed by atoms with Crippen LogP contribution >= 0.6 is 0 Å². The van der Waals surface area contributed by atoms with E-state index in [9.17, 15) is 4.79 Å². The molecule has 0 radical (unpaired) electrons. The molecule has 4 nitrogen and oxygen atoms in total. The number of allylic oxidation sites excluding steroid dienone is 1. The minimum atomic E-state index is -0.451. The molecule has 0 amide bonds. The van der Waals surface area contributed by atoms with Crippen LogP contribution in [0.3, 0.4) is 0 Å². The first-order chi connectivity index (χ1) is 9.25. The summed E-state index contributed by atoms with van der Waals surface area (Å²) in [5.41, 5.74) is 1.73. The highest BCUT2D eigenvalue weighted by molar-refractivity contribution is 6.13. The number of hydrogen-bond donors (Lipinski definition) is 0. The van der Waals surface area contributed by atoms with Crippen molar-refractivity contribution in [3.63, 3.8) is 0 Å². The summed E-state index contributed by atoms with van der Waals surface area (Å²) < 4.78 is 10.5. The van der Waals surface area contributed by atoms with E-state index in [0.29, 0.717) is 17.2 Å². The Bertz CT molecular complexity index is 667. The van der Waals surface area contributed by atoms with E-state index in [1.54, 1.807) is 25.3 Å². The molecule has 0 saturated heterocycles. The zero-order valence-corrected chi connectivity index (χ0v) is 10.3. The molecular weight excluding hydrogens is 242 g/mol. The van der Waals surface area contributed by atoms with Gasteiger partial charge < -0.3 is 9.15 Å². The highest BCUT2D eigenvalue weighted by atomic mass is 16.6. The molecule has 1 aliphatic heterocycles. The number of carbonyl (C=O) groups is 1. The van der Waals surface area contributed by atoms with Crippen molar-refractivity contribution in [3.8, 4) is 0 Å². The number of carbonyl (C=O) groups excluding carboxylic acids is 1. The molecule has 94 valence electrons. The van der Waals surface area contributed by atoms with E-state index in [1.807, 2.05) is 30.3 Å². The predicted octanol–water partition coefficient (Wildman–Crippen LogP) is 3.01. The normalized spacial score (nSPS) is 17.1. The van der Waals surface area contributed by atoms with Crippen molar-refractivity contribution < 1.29 is 13.9 Å². The summed E-state index contributed by atoms with van der Waals surface area (Å²) in [6.07, 6.45) is 1.56. The van der Waals surface area contributed by atoms with Crippen LogP contribution in [0.1, 0.15) is 18.2 Å². The van der Waals surface area contributed by atoms with Crippen LogP contribution < -0.4 is 0 Å². The second-order valence-corrected chi connectivity index (χ2v) is 4.12. The first kappa shape index (κ1) is 11.5. The van der Waals surface area contributed by atoms with Gasteiger partial charge in [0.05, 0.1) is 6.26 Å². The Morgan fingerprint density at radius 3 is 2.58 bits per heavy atom. The van der Waals surface area contributed by atoms with Gasteiger partial charge in [-0.2, -0.15) is 0 Å². The molecule has 0 bridgehead atoms. The summed E-state index contributed by atoms with van der Waals surface area (Å²) in [6, 6.07) is 12.9. The zero-order chi connectivity index (χ0) is 13.2. The van der Waals surface area contributed by atoms with E-state index in [0.717, 1.165) is 5.56 Å². The average molecular weight is 253 g/mol. The van der Waals surface area contributed by atoms with Crippen molar-refractivity contribution >= 4 is 17.4 Å². The van der Waals surface area contributed by atoms with Crippen molar-refractivity contribution in [1.29, 1.82) is 0 Å². The summed E-state index contributed by atoms with van der Waals surface area (Å²) in [4.78, 5) is 16.1. The molecule has 0 fully saturated rings. The van der Waals surface area contributed by atoms with Gasteiger partial charge in [-0.25, -0.2) is 9.79 Å². The molecule has 1 aliphatic rings. The van der Waals surface area contributed by atoms with Gasteiger partial charge in [0.1, 0.15) is 5.76 Å². The van der Waals surface area contributed by atoms with E-state index in [4.69, 9.17) is 9.15 Å². The second-order valence-electron chi connectivity index (χ2n) is 4.12. The molecule has 2 heterocycles. The minimum Gasteiger partial charge on any atom is -0.465 e. The van der Waals surface area contributed by atoms with Gasteiger partial charge in [0, 0.05) is 11.1 Å². The van der Waals surface area contributed by atoms with Gasteiger partial charge in [0.25, 0.3) is 0 Å². The molecule has 0 atom stereocenters. The molecule has 0 N–H and O–H groups in total. The van der Waals surface area contributed by atoms with Crippen molar-refractivity contribution in [2.45, 2.75) is 6.92 Å². The lowest BCUT2D eigenvalue weighted by Crippen LogP contribution is -2.05. The third kappa shape index (κ3) is 2.08. The molecule has 2 aromatic rings. The van der Waals surface area contributed by atoms with Crippen LogP contribution in [-0.2, 0) is 9.53 Å². The third-order valence-corrected chi connectivity index (χ3v) is 2.86. The first-order valence-corrected chi connectivity index (χ1v) is 5.87. The van der Waals surface area contributed by atoms with Crippen molar-refractivity contribution in [1.82, 2.24) is 0 Å². The van der Waals surface area contributed by atoms with Crippen LogP contribution in [0.15, 0.2) is 63.8 Å². The number of nitrogens with zero attached hydrogens (tertiary/aromatic N) is 1. The molecular formula is C15H11NO3. The fourth-order valence-corrected chi connectivity index (χ4v) is 1.86. The maximum absolute atomic E-state index is 11.9. The number of furan rings is 1. The number of hydrogen-bond acceptors (Lipinski definition) is 4. The van der Waals surface area contributed by atoms with E-state index in [2.05, 4.69) is 4.99 Å². The van der Waals surface area contributed by atoms with Gasteiger partial charge in [-0.1, -0.05) is 18.2 Å². The van der Waals surface area contributed by atoms with E-state index in [-0.39, 0.29) is 5.70 Å². The van der Waals surface area contributed by atoms with Crippen LogP contribution in [-0.4, -0.2) is 11.9 Å². The Morgan fingerprint density at radius 2 is 1.89 bits per heavy atom. The summed E-state index contributed by atoms with van der Waals surface area (Å²) >= 11 is 0. The van der Waals surface area contributed by atoms with Crippen molar-refractivity contribution in [2.75, 3.05) is 0 Å². The SMILES string of the molecule is C/C(=C1/N=C(c2ccccc2)OC1=O)c1ccco1. The molecule has 3 rings (SSSR count). The Balaban J connectivity index is 2.03. The zero-order valence-electron chi connectivity index (χ0n) is 10.3. The summed E-state index contributed by atoms with van der Waals surface area (Å²) in [7, 11) is 0. The minimum absolute atomic E-state index is 0.286. The molecule has 4 heteroatoms. The van der Waals surface area contributed by atoms with Crippen LogP contribution in [0.2, 0.25) is 0 Å². The number of benzene rings is 1. The van der Waals surface area contributed by atoms with Crippen molar-refractivity contribution in [3.05, 3.63) is 65.7 Å². The molecule has 0 saturated carbocycles. The number of ether oxygens (including phenoxy) is 1. The quantitative estimate of drug-likeness (QED) is 0.610. The summed E-state index contributed by atoms with van der Waals surface area (Å²) in [6.45, 7) is 1.78. The Morgan fingerprint density at radius 1 is 1.11 bits per heavy atom. The Hall–Kier alpha value is -2.62. The summed E-state index contributed by atoms with van der Waals surface area (Å²) in [5.74, 6) is 0.490. The lowest BCUT2D eigenvalue weighted by atomic mass is 10.2. The molecule has 1 aromatic carbocycles. The smallest absolute Gasteiger partial charge is 0.364 e. The van der Waals surface area contributed by atoms with E-state index < -0.39 is 5.97 Å². The third-order valence-electron chi connectivity index (χ3n) is 2.86. The maximum atomic E-state index is 11.9. The lowest BCUT2D eigenvalue weighted by molar-refractivity contribution is -0.129. The number of rotatable bonds is 2. The van der Waals surface area contributed by atoms with Gasteiger partial charge in [-0.15, -0.1) is 0 Å². The first-order valence-electron chi connectivity index (χ1n) is 5.87. The highest BCUT2D eigenvalue weighted by Gasteiger charge is 2.27. The van der Waals surface area contributed by atoms with Gasteiger partial charge in [-0.3, -0.25) is 0 Å². The van der Waals surface area contributed by atoms with Crippen LogP contribution in [0.25, 0.3) is 5.57 Å². The van der Waals surface area contributed by atoms with Crippen LogP contribution in [0.5, 0.6) is 0 Å². The fraction of sp³-hybridized carbons (Fsp3) is 0.0667. The van der Waals surface area contributed by atoms with Crippen molar-refractivity contribution in [2.24, 2.45) is 4.99 Å². The molecule has 19 heavy (non-hydrogen) atoms. The van der Waals surface area contributed by atoms with E-state index >= 15 is 0 Å². The van der Waals surface area contributed by atoms with Crippen LogP contribution in [0, 0.1) is 0 Å². The number of esters is 1. The molecule has 0 aliphatic carbocycles. The topological polar surface area (TPSA) is 51.8 Å². The molecule has 1 aromatic heterocycles. The standard InChI is InChI=1S/C15H11NO3/c1-10(12-8-5-9-18-12)13-15(17)19-14(16-13)11-6-3-2-4-7-11/h2-9H,1H3/b13-10-. The fourth-order valence-electron chi connectivity index (χ4n) is 1.86. The number of aliphatic imine (C=N–C) groups is 1. The maximum Gasteiger partial charge on any atom is 0.364 e. The molecule has 0 spiro atoms. The summed E-state index contributed by atoms with van der Waals surface area (Å²) in [5, 5.41) is 0. The highest BCUT2D eigenvalue weighted by Crippen LogP contribution is 2.25. The van der Waals surface area contributed by atoms with Gasteiger partial charge in [0.15, 0.2) is 5.70 Å². The lowest BCUT2D eigenvalue weighted by Gasteiger charge is -1.97.